The van der Waals surface area contributed by atoms with Crippen LogP contribution in [0.5, 0.6) is 17.2 Å². The lowest BCUT2D eigenvalue weighted by atomic mass is 10.1. The third kappa shape index (κ3) is 4.07. The second kappa shape index (κ2) is 7.74. The van der Waals surface area contributed by atoms with Gasteiger partial charge in [-0.2, -0.15) is 0 Å². The van der Waals surface area contributed by atoms with Gasteiger partial charge in [0.2, 0.25) is 0 Å². The first-order valence-corrected chi connectivity index (χ1v) is 7.29. The van der Waals surface area contributed by atoms with Crippen molar-refractivity contribution in [1.29, 1.82) is 0 Å². The number of hydrogen-bond acceptors (Lipinski definition) is 4. The van der Waals surface area contributed by atoms with Gasteiger partial charge >= 0.3 is 0 Å². The molecule has 0 atom stereocenters. The molecule has 0 saturated heterocycles. The summed E-state index contributed by atoms with van der Waals surface area (Å²) < 4.78 is 15.5. The number of ether oxygens (including phenoxy) is 3. The maximum atomic E-state index is 12.3. The Morgan fingerprint density at radius 3 is 2.52 bits per heavy atom. The number of amides is 1. The molecule has 2 rings (SSSR count). The zero-order chi connectivity index (χ0) is 16.8. The van der Waals surface area contributed by atoms with Gasteiger partial charge in [0.05, 0.1) is 26.4 Å². The van der Waals surface area contributed by atoms with Crippen molar-refractivity contribution in [1.82, 2.24) is 5.32 Å². The fraction of sp³-hybridized carbons (Fsp3) is 0.235. The zero-order valence-corrected chi connectivity index (χ0v) is 13.9. The quantitative estimate of drug-likeness (QED) is 0.880. The van der Waals surface area contributed by atoms with E-state index in [-0.39, 0.29) is 5.91 Å². The number of methoxy groups -OCH3 is 3. The summed E-state index contributed by atoms with van der Waals surface area (Å²) in [6, 6.07) is 10.6. The van der Waals surface area contributed by atoms with Gasteiger partial charge in [-0.25, -0.2) is 0 Å². The molecule has 0 aromatic heterocycles. The van der Waals surface area contributed by atoms with Crippen LogP contribution in [0.1, 0.15) is 15.9 Å². The van der Waals surface area contributed by atoms with Crippen LogP contribution in [0, 0.1) is 0 Å². The Morgan fingerprint density at radius 1 is 1.09 bits per heavy atom. The molecule has 0 aliphatic heterocycles. The van der Waals surface area contributed by atoms with E-state index in [0.717, 1.165) is 11.3 Å². The normalized spacial score (nSPS) is 10.1. The van der Waals surface area contributed by atoms with Crippen LogP contribution in [0.3, 0.4) is 0 Å². The first-order valence-electron chi connectivity index (χ1n) is 6.91. The summed E-state index contributed by atoms with van der Waals surface area (Å²) in [6.45, 7) is 0.377. The van der Waals surface area contributed by atoms with Crippen molar-refractivity contribution < 1.29 is 19.0 Å². The molecular weight excluding hydrogens is 318 g/mol. The van der Waals surface area contributed by atoms with E-state index in [0.29, 0.717) is 28.6 Å². The highest BCUT2D eigenvalue weighted by molar-refractivity contribution is 6.32. The van der Waals surface area contributed by atoms with Crippen LogP contribution in [0.4, 0.5) is 0 Å². The van der Waals surface area contributed by atoms with Crippen LogP contribution < -0.4 is 19.5 Å². The molecule has 5 nitrogen and oxygen atoms in total. The summed E-state index contributed by atoms with van der Waals surface area (Å²) in [4.78, 5) is 12.3. The second-order valence-corrected chi connectivity index (χ2v) is 5.13. The summed E-state index contributed by atoms with van der Waals surface area (Å²) in [5, 5.41) is 3.15. The Kier molecular flexibility index (Phi) is 5.71. The average Bonchev–Trinajstić information content (AvgIpc) is 2.58. The molecule has 2 aromatic rings. The highest BCUT2D eigenvalue weighted by Gasteiger charge is 2.15. The van der Waals surface area contributed by atoms with Crippen molar-refractivity contribution >= 4 is 17.5 Å². The molecule has 0 spiro atoms. The van der Waals surface area contributed by atoms with E-state index >= 15 is 0 Å². The largest absolute Gasteiger partial charge is 0.497 e. The summed E-state index contributed by atoms with van der Waals surface area (Å²) in [5.74, 6) is 1.30. The molecule has 0 saturated carbocycles. The van der Waals surface area contributed by atoms with E-state index in [2.05, 4.69) is 5.32 Å². The summed E-state index contributed by atoms with van der Waals surface area (Å²) in [6.07, 6.45) is 0. The van der Waals surface area contributed by atoms with Crippen LogP contribution in [-0.4, -0.2) is 27.2 Å². The van der Waals surface area contributed by atoms with Crippen molar-refractivity contribution in [2.45, 2.75) is 6.54 Å². The second-order valence-electron chi connectivity index (χ2n) is 4.73. The summed E-state index contributed by atoms with van der Waals surface area (Å²) in [7, 11) is 4.59. The van der Waals surface area contributed by atoms with Crippen molar-refractivity contribution in [3.8, 4) is 17.2 Å². The van der Waals surface area contributed by atoms with E-state index < -0.39 is 0 Å². The van der Waals surface area contributed by atoms with E-state index in [4.69, 9.17) is 25.8 Å². The highest BCUT2D eigenvalue weighted by Crippen LogP contribution is 2.35. The number of nitrogens with one attached hydrogen (secondary N) is 1. The van der Waals surface area contributed by atoms with E-state index in [1.807, 2.05) is 24.3 Å². The Hall–Kier alpha value is -2.40. The molecule has 0 aliphatic carbocycles. The lowest BCUT2D eigenvalue weighted by Gasteiger charge is -2.12. The Bertz CT molecular complexity index is 703. The van der Waals surface area contributed by atoms with Crippen LogP contribution in [0.25, 0.3) is 0 Å². The van der Waals surface area contributed by atoms with Gasteiger partial charge in [0.25, 0.3) is 5.91 Å². The summed E-state index contributed by atoms with van der Waals surface area (Å²) >= 11 is 6.11. The minimum absolute atomic E-state index is 0.254. The SMILES string of the molecule is COc1cccc(CNC(=O)c2cc(Cl)c(OC)c(OC)c2)c1. The first kappa shape index (κ1) is 17.0. The number of benzene rings is 2. The molecule has 2 aromatic carbocycles. The fourth-order valence-electron chi connectivity index (χ4n) is 2.12. The zero-order valence-electron chi connectivity index (χ0n) is 13.2. The fourth-order valence-corrected chi connectivity index (χ4v) is 2.40. The molecular formula is C17H18ClNO4. The molecule has 0 fully saturated rings. The van der Waals surface area contributed by atoms with Gasteiger partial charge in [0.15, 0.2) is 11.5 Å². The first-order chi connectivity index (χ1) is 11.1. The lowest BCUT2D eigenvalue weighted by Crippen LogP contribution is -2.22. The molecule has 0 radical (unpaired) electrons. The van der Waals surface area contributed by atoms with Gasteiger partial charge in [-0.3, -0.25) is 4.79 Å². The van der Waals surface area contributed by atoms with Gasteiger partial charge in [0, 0.05) is 12.1 Å². The minimum atomic E-state index is -0.254. The molecule has 122 valence electrons. The Labute approximate surface area is 140 Å². The topological polar surface area (TPSA) is 56.8 Å². The molecule has 0 aliphatic rings. The third-order valence-corrected chi connectivity index (χ3v) is 3.56. The number of halogens is 1. The van der Waals surface area contributed by atoms with E-state index in [1.165, 1.54) is 14.2 Å². The van der Waals surface area contributed by atoms with Gasteiger partial charge in [0.1, 0.15) is 5.75 Å². The smallest absolute Gasteiger partial charge is 0.251 e. The number of carbonyl (C=O) groups excluding carboxylic acids is 1. The standard InChI is InChI=1S/C17H18ClNO4/c1-21-13-6-4-5-11(7-13)10-19-17(20)12-8-14(18)16(23-3)15(9-12)22-2/h4-9H,10H2,1-3H3,(H,19,20). The molecule has 1 amide bonds. The van der Waals surface area contributed by atoms with E-state index in [1.54, 1.807) is 19.2 Å². The maximum Gasteiger partial charge on any atom is 0.251 e. The molecule has 0 unspecified atom stereocenters. The average molecular weight is 336 g/mol. The van der Waals surface area contributed by atoms with Gasteiger partial charge < -0.3 is 19.5 Å². The van der Waals surface area contributed by atoms with Gasteiger partial charge in [-0.1, -0.05) is 23.7 Å². The molecule has 23 heavy (non-hydrogen) atoms. The predicted molar refractivity (Wildman–Crippen MR) is 88.7 cm³/mol. The number of carbonyl (C=O) groups is 1. The number of hydrogen-bond donors (Lipinski definition) is 1. The predicted octanol–water partition coefficient (Wildman–Crippen LogP) is 3.30. The van der Waals surface area contributed by atoms with Gasteiger partial charge in [-0.15, -0.1) is 0 Å². The van der Waals surface area contributed by atoms with Crippen molar-refractivity contribution in [3.63, 3.8) is 0 Å². The Morgan fingerprint density at radius 2 is 1.87 bits per heavy atom. The molecule has 6 heteroatoms. The monoisotopic (exact) mass is 335 g/mol. The molecule has 0 bridgehead atoms. The number of rotatable bonds is 6. The lowest BCUT2D eigenvalue weighted by molar-refractivity contribution is 0.0950. The van der Waals surface area contributed by atoms with Crippen LogP contribution in [0.2, 0.25) is 5.02 Å². The maximum absolute atomic E-state index is 12.3. The summed E-state index contributed by atoms with van der Waals surface area (Å²) in [5.41, 5.74) is 1.33. The molecule has 0 heterocycles. The highest BCUT2D eigenvalue weighted by atomic mass is 35.5. The third-order valence-electron chi connectivity index (χ3n) is 3.28. The van der Waals surface area contributed by atoms with Crippen molar-refractivity contribution in [2.24, 2.45) is 0 Å². The van der Waals surface area contributed by atoms with Crippen molar-refractivity contribution in [2.75, 3.05) is 21.3 Å². The van der Waals surface area contributed by atoms with Crippen LogP contribution in [0.15, 0.2) is 36.4 Å². The minimum Gasteiger partial charge on any atom is -0.497 e. The van der Waals surface area contributed by atoms with E-state index in [9.17, 15) is 4.79 Å². The van der Waals surface area contributed by atoms with Crippen LogP contribution >= 0.6 is 11.6 Å². The van der Waals surface area contributed by atoms with Crippen molar-refractivity contribution in [3.05, 3.63) is 52.5 Å². The van der Waals surface area contributed by atoms with Crippen LogP contribution in [-0.2, 0) is 6.54 Å². The Balaban J connectivity index is 2.13. The molecule has 1 N–H and O–H groups in total. The van der Waals surface area contributed by atoms with Gasteiger partial charge in [-0.05, 0) is 29.8 Å².